The molecule has 0 spiro atoms. The van der Waals surface area contributed by atoms with Crippen LogP contribution in [0.25, 0.3) is 17.0 Å². The lowest BCUT2D eigenvalue weighted by molar-refractivity contribution is -0.122. The fourth-order valence-corrected chi connectivity index (χ4v) is 4.58. The summed E-state index contributed by atoms with van der Waals surface area (Å²) in [5, 5.41) is 3.28. The molecule has 0 radical (unpaired) electrons. The molecule has 0 bridgehead atoms. The van der Waals surface area contributed by atoms with Crippen LogP contribution in [0.2, 0.25) is 0 Å². The molecule has 1 fully saturated rings. The predicted octanol–water partition coefficient (Wildman–Crippen LogP) is 5.69. The van der Waals surface area contributed by atoms with E-state index in [0.29, 0.717) is 28.3 Å². The molecule has 36 heavy (non-hydrogen) atoms. The van der Waals surface area contributed by atoms with Crippen molar-refractivity contribution in [2.75, 3.05) is 4.90 Å². The Bertz CT molecular complexity index is 1580. The number of nitrogens with one attached hydrogen (secondary N) is 1. The van der Waals surface area contributed by atoms with Gasteiger partial charge in [0.25, 0.3) is 11.8 Å². The van der Waals surface area contributed by atoms with E-state index in [1.807, 2.05) is 42.5 Å². The summed E-state index contributed by atoms with van der Waals surface area (Å²) in [4.78, 5) is 39.7. The molecule has 7 nitrogen and oxygen atoms in total. The van der Waals surface area contributed by atoms with Crippen LogP contribution in [0.5, 0.6) is 11.5 Å². The van der Waals surface area contributed by atoms with E-state index < -0.39 is 11.8 Å². The summed E-state index contributed by atoms with van der Waals surface area (Å²) in [7, 11) is 0. The zero-order valence-electron chi connectivity index (χ0n) is 18.9. The van der Waals surface area contributed by atoms with Crippen LogP contribution in [0, 0.1) is 0 Å². The average molecular weight is 560 g/mol. The molecule has 0 aliphatic carbocycles. The molecule has 1 aromatic heterocycles. The third kappa shape index (κ3) is 4.46. The van der Waals surface area contributed by atoms with E-state index in [2.05, 4.69) is 21.2 Å². The summed E-state index contributed by atoms with van der Waals surface area (Å²) in [6.07, 6.45) is 3.09. The van der Waals surface area contributed by atoms with Crippen molar-refractivity contribution in [3.63, 3.8) is 0 Å². The van der Waals surface area contributed by atoms with Crippen molar-refractivity contribution >= 4 is 73.6 Å². The van der Waals surface area contributed by atoms with Crippen molar-refractivity contribution in [2.45, 2.75) is 6.92 Å². The van der Waals surface area contributed by atoms with Crippen LogP contribution in [0.15, 0.2) is 89.0 Å². The van der Waals surface area contributed by atoms with Crippen LogP contribution >= 0.6 is 28.1 Å². The summed E-state index contributed by atoms with van der Waals surface area (Å²) < 4.78 is 8.09. The molecule has 4 aromatic rings. The first-order chi connectivity index (χ1) is 17.3. The van der Waals surface area contributed by atoms with Gasteiger partial charge in [-0.25, -0.2) is 0 Å². The molecule has 0 unspecified atom stereocenters. The van der Waals surface area contributed by atoms with Crippen LogP contribution in [0.3, 0.4) is 0 Å². The minimum absolute atomic E-state index is 0.0206. The van der Waals surface area contributed by atoms with Gasteiger partial charge in [-0.1, -0.05) is 34.1 Å². The van der Waals surface area contributed by atoms with Crippen LogP contribution in [-0.4, -0.2) is 27.4 Å². The smallest absolute Gasteiger partial charge is 0.270 e. The lowest BCUT2D eigenvalue weighted by atomic mass is 10.1. The van der Waals surface area contributed by atoms with Gasteiger partial charge >= 0.3 is 0 Å². The molecule has 9 heteroatoms. The second-order valence-corrected chi connectivity index (χ2v) is 9.30. The molecule has 178 valence electrons. The molecule has 3 aromatic carbocycles. The van der Waals surface area contributed by atoms with E-state index in [1.165, 1.54) is 22.5 Å². The summed E-state index contributed by atoms with van der Waals surface area (Å²) >= 11 is 8.75. The molecule has 2 amide bonds. The maximum Gasteiger partial charge on any atom is 0.270 e. The standard InChI is InChI=1S/C27H18BrN3O4S/c1-16(32)30-15-17(22-14-18(28)7-12-24(22)30)13-23-25(33)29-27(36)31(26(23)34)19-8-10-21(11-9-19)35-20-5-3-2-4-6-20/h2-15H,1H3,(H,29,33,36). The van der Waals surface area contributed by atoms with Gasteiger partial charge in [0.2, 0.25) is 5.91 Å². The van der Waals surface area contributed by atoms with Crippen molar-refractivity contribution in [1.82, 2.24) is 9.88 Å². The van der Waals surface area contributed by atoms with Crippen LogP contribution in [-0.2, 0) is 9.59 Å². The zero-order valence-corrected chi connectivity index (χ0v) is 21.3. The average Bonchev–Trinajstić information content (AvgIpc) is 3.21. The molecule has 2 heterocycles. The number of hydrogen-bond donors (Lipinski definition) is 1. The highest BCUT2D eigenvalue weighted by atomic mass is 79.9. The summed E-state index contributed by atoms with van der Waals surface area (Å²) in [6, 6.07) is 21.6. The molecule has 1 aliphatic rings. The highest BCUT2D eigenvalue weighted by Crippen LogP contribution is 2.30. The fourth-order valence-electron chi connectivity index (χ4n) is 3.94. The van der Waals surface area contributed by atoms with E-state index in [-0.39, 0.29) is 16.6 Å². The molecule has 1 aliphatic heterocycles. The van der Waals surface area contributed by atoms with Gasteiger partial charge in [0.1, 0.15) is 17.1 Å². The summed E-state index contributed by atoms with van der Waals surface area (Å²) in [5.41, 5.74) is 1.60. The number of rotatable bonds is 4. The second kappa shape index (κ2) is 9.52. The lowest BCUT2D eigenvalue weighted by Crippen LogP contribution is -2.54. The van der Waals surface area contributed by atoms with E-state index in [4.69, 9.17) is 17.0 Å². The Hall–Kier alpha value is -4.08. The van der Waals surface area contributed by atoms with Crippen molar-refractivity contribution in [2.24, 2.45) is 0 Å². The van der Waals surface area contributed by atoms with Crippen molar-refractivity contribution < 1.29 is 19.1 Å². The number of thiocarbonyl (C=S) groups is 1. The third-order valence-electron chi connectivity index (χ3n) is 5.61. The number of nitrogens with zero attached hydrogens (tertiary/aromatic N) is 2. The van der Waals surface area contributed by atoms with Crippen molar-refractivity contribution in [3.8, 4) is 11.5 Å². The van der Waals surface area contributed by atoms with Crippen LogP contribution in [0.4, 0.5) is 5.69 Å². The Morgan fingerprint density at radius 2 is 1.69 bits per heavy atom. The predicted molar refractivity (Wildman–Crippen MR) is 145 cm³/mol. The summed E-state index contributed by atoms with van der Waals surface area (Å²) in [6.45, 7) is 1.45. The van der Waals surface area contributed by atoms with E-state index in [9.17, 15) is 14.4 Å². The Kier molecular flexibility index (Phi) is 6.26. The van der Waals surface area contributed by atoms with Gasteiger partial charge < -0.3 is 4.74 Å². The van der Waals surface area contributed by atoms with Crippen molar-refractivity contribution in [3.05, 3.63) is 94.6 Å². The van der Waals surface area contributed by atoms with Gasteiger partial charge in [0.05, 0.1) is 11.2 Å². The molecular weight excluding hydrogens is 542 g/mol. The number of carbonyl (C=O) groups excluding carboxylic acids is 3. The van der Waals surface area contributed by atoms with Gasteiger partial charge in [-0.05, 0) is 72.9 Å². The molecule has 0 atom stereocenters. The largest absolute Gasteiger partial charge is 0.457 e. The number of para-hydroxylation sites is 1. The Balaban J connectivity index is 1.50. The van der Waals surface area contributed by atoms with Crippen LogP contribution in [0.1, 0.15) is 17.3 Å². The number of amides is 2. The number of ether oxygens (including phenoxy) is 1. The first kappa shape index (κ1) is 23.7. The lowest BCUT2D eigenvalue weighted by Gasteiger charge is -2.29. The topological polar surface area (TPSA) is 80.6 Å². The first-order valence-corrected chi connectivity index (χ1v) is 12.1. The van der Waals surface area contributed by atoms with Crippen LogP contribution < -0.4 is 15.0 Å². The number of anilines is 1. The quantitative estimate of drug-likeness (QED) is 0.197. The second-order valence-electron chi connectivity index (χ2n) is 8.00. The van der Waals surface area contributed by atoms with Gasteiger partial charge in [-0.2, -0.15) is 0 Å². The number of hydrogen-bond acceptors (Lipinski definition) is 5. The van der Waals surface area contributed by atoms with Gasteiger partial charge in [-0.3, -0.25) is 29.2 Å². The van der Waals surface area contributed by atoms with E-state index >= 15 is 0 Å². The Labute approximate surface area is 220 Å². The van der Waals surface area contributed by atoms with E-state index in [0.717, 1.165) is 9.86 Å². The maximum atomic E-state index is 13.5. The number of fused-ring (bicyclic) bond motifs is 1. The molecule has 1 saturated heterocycles. The zero-order chi connectivity index (χ0) is 25.4. The van der Waals surface area contributed by atoms with Gasteiger partial charge in [0, 0.05) is 28.5 Å². The first-order valence-electron chi connectivity index (χ1n) is 10.9. The Morgan fingerprint density at radius 1 is 1.00 bits per heavy atom. The normalized spacial score (nSPS) is 14.9. The SMILES string of the molecule is CC(=O)n1cc(C=C2C(=O)NC(=S)N(c3ccc(Oc4ccccc4)cc3)C2=O)c2cc(Br)ccc21. The third-order valence-corrected chi connectivity index (χ3v) is 6.39. The van der Waals surface area contributed by atoms with Crippen molar-refractivity contribution in [1.29, 1.82) is 0 Å². The molecular formula is C27H18BrN3O4S. The molecule has 0 saturated carbocycles. The monoisotopic (exact) mass is 559 g/mol. The minimum atomic E-state index is -0.607. The highest BCUT2D eigenvalue weighted by molar-refractivity contribution is 9.10. The number of benzene rings is 3. The number of halogens is 1. The summed E-state index contributed by atoms with van der Waals surface area (Å²) in [5.74, 6) is -0.0957. The van der Waals surface area contributed by atoms with Gasteiger partial charge in [0.15, 0.2) is 5.11 Å². The molecule has 1 N–H and O–H groups in total. The molecule has 5 rings (SSSR count). The minimum Gasteiger partial charge on any atom is -0.457 e. The number of carbonyl (C=O) groups is 3. The van der Waals surface area contributed by atoms with Gasteiger partial charge in [-0.15, -0.1) is 0 Å². The highest BCUT2D eigenvalue weighted by Gasteiger charge is 2.34. The number of aromatic nitrogens is 1. The maximum absolute atomic E-state index is 13.5. The Morgan fingerprint density at radius 3 is 2.39 bits per heavy atom. The van der Waals surface area contributed by atoms with E-state index in [1.54, 1.807) is 36.5 Å². The fraction of sp³-hybridized carbons (Fsp3) is 0.0370.